The molecule has 0 aliphatic heterocycles. The number of rotatable bonds is 8. The zero-order chi connectivity index (χ0) is 13.6. The molecule has 0 saturated heterocycles. The van der Waals surface area contributed by atoms with Crippen LogP contribution in [0.15, 0.2) is 17.2 Å². The van der Waals surface area contributed by atoms with Gasteiger partial charge in [-0.1, -0.05) is 6.92 Å². The number of nitrogens with zero attached hydrogens (tertiary/aromatic N) is 1. The van der Waals surface area contributed by atoms with Crippen molar-refractivity contribution in [3.63, 3.8) is 0 Å². The number of aromatic nitrogens is 1. The Morgan fingerprint density at radius 1 is 1.39 bits per heavy atom. The molecule has 0 unspecified atom stereocenters. The number of hydrogen-bond acceptors (Lipinski definition) is 4. The Labute approximate surface area is 109 Å². The molecule has 0 aromatic carbocycles. The lowest BCUT2D eigenvalue weighted by molar-refractivity contribution is 0.412. The average Bonchev–Trinajstić information content (AvgIpc) is 2.74. The molecule has 0 bridgehead atoms. The average molecular weight is 274 g/mol. The van der Waals surface area contributed by atoms with Crippen molar-refractivity contribution in [1.82, 2.24) is 19.9 Å². The van der Waals surface area contributed by atoms with Crippen LogP contribution in [-0.2, 0) is 16.6 Å². The summed E-state index contributed by atoms with van der Waals surface area (Å²) in [6, 6.07) is 1.65. The van der Waals surface area contributed by atoms with E-state index >= 15 is 0 Å². The Hall–Kier alpha value is -0.890. The topological polar surface area (TPSA) is 77.2 Å². The van der Waals surface area contributed by atoms with Gasteiger partial charge in [0, 0.05) is 31.5 Å². The van der Waals surface area contributed by atoms with Crippen molar-refractivity contribution >= 4 is 10.0 Å². The van der Waals surface area contributed by atoms with Crippen molar-refractivity contribution in [1.29, 1.82) is 0 Å². The number of sulfonamides is 1. The van der Waals surface area contributed by atoms with Gasteiger partial charge in [-0.05, 0) is 26.7 Å². The molecule has 0 atom stereocenters. The lowest BCUT2D eigenvalue weighted by Crippen LogP contribution is -2.31. The summed E-state index contributed by atoms with van der Waals surface area (Å²) in [5, 5.41) is 3.13. The Kier molecular flexibility index (Phi) is 5.80. The van der Waals surface area contributed by atoms with E-state index in [4.69, 9.17) is 0 Å². The quantitative estimate of drug-likeness (QED) is 0.622. The summed E-state index contributed by atoms with van der Waals surface area (Å²) < 4.78 is 26.4. The van der Waals surface area contributed by atoms with E-state index in [2.05, 4.69) is 15.0 Å². The van der Waals surface area contributed by atoms with Crippen molar-refractivity contribution in [3.05, 3.63) is 18.0 Å². The first-order chi connectivity index (χ1) is 8.45. The molecule has 1 heterocycles. The number of hydrogen-bond donors (Lipinski definition) is 3. The summed E-state index contributed by atoms with van der Waals surface area (Å²) in [5.41, 5.74) is 0.866. The molecule has 0 aliphatic carbocycles. The van der Waals surface area contributed by atoms with Gasteiger partial charge in [-0.25, -0.2) is 13.1 Å². The number of nitrogens with one attached hydrogen (secondary N) is 3. The van der Waals surface area contributed by atoms with Gasteiger partial charge >= 0.3 is 0 Å². The molecule has 18 heavy (non-hydrogen) atoms. The van der Waals surface area contributed by atoms with Crippen LogP contribution in [0.5, 0.6) is 0 Å². The highest BCUT2D eigenvalue weighted by molar-refractivity contribution is 7.89. The van der Waals surface area contributed by atoms with Crippen molar-refractivity contribution in [2.24, 2.45) is 0 Å². The van der Waals surface area contributed by atoms with Gasteiger partial charge in [-0.3, -0.25) is 0 Å². The van der Waals surface area contributed by atoms with Gasteiger partial charge in [0.1, 0.15) is 0 Å². The predicted molar refractivity (Wildman–Crippen MR) is 71.9 cm³/mol. The molecule has 0 spiro atoms. The van der Waals surface area contributed by atoms with Crippen LogP contribution < -0.4 is 10.0 Å². The highest BCUT2D eigenvalue weighted by Gasteiger charge is 2.15. The Balaban J connectivity index is 2.58. The highest BCUT2D eigenvalue weighted by atomic mass is 32.2. The van der Waals surface area contributed by atoms with E-state index in [9.17, 15) is 8.42 Å². The molecule has 0 amide bonds. The molecule has 1 aromatic heterocycles. The van der Waals surface area contributed by atoms with E-state index in [1.54, 1.807) is 6.07 Å². The predicted octanol–water partition coefficient (Wildman–Crippen LogP) is -0.0359. The minimum Gasteiger partial charge on any atom is -0.363 e. The van der Waals surface area contributed by atoms with Crippen LogP contribution in [0, 0.1) is 0 Å². The van der Waals surface area contributed by atoms with Crippen molar-refractivity contribution in [3.8, 4) is 0 Å². The van der Waals surface area contributed by atoms with Gasteiger partial charge in [0.25, 0.3) is 0 Å². The summed E-state index contributed by atoms with van der Waals surface area (Å²) in [7, 11) is 0.408. The molecule has 1 rings (SSSR count). The molecule has 3 N–H and O–H groups in total. The summed E-state index contributed by atoms with van der Waals surface area (Å²) >= 11 is 0. The molecule has 0 saturated carbocycles. The standard InChI is InChI=1S/C11H22N4O2S/c1-4-12-8-10-7-11(9-13-10)18(16,17)14-5-6-15(2)3/h7,9,12-14H,4-6,8H2,1-3H3. The van der Waals surface area contributed by atoms with E-state index in [0.717, 1.165) is 12.2 Å². The van der Waals surface area contributed by atoms with Crippen LogP contribution in [0.2, 0.25) is 0 Å². The first kappa shape index (κ1) is 15.2. The normalized spacial score (nSPS) is 12.2. The summed E-state index contributed by atoms with van der Waals surface area (Å²) in [6.07, 6.45) is 1.52. The SMILES string of the molecule is CCNCc1cc(S(=O)(=O)NCCN(C)C)c[nH]1. The fourth-order valence-corrected chi connectivity index (χ4v) is 2.46. The highest BCUT2D eigenvalue weighted by Crippen LogP contribution is 2.10. The zero-order valence-electron chi connectivity index (χ0n) is 11.2. The zero-order valence-corrected chi connectivity index (χ0v) is 12.0. The lowest BCUT2D eigenvalue weighted by atomic mass is 10.4. The maximum absolute atomic E-state index is 11.9. The maximum Gasteiger partial charge on any atom is 0.242 e. The monoisotopic (exact) mass is 274 g/mol. The van der Waals surface area contributed by atoms with Crippen LogP contribution in [0.4, 0.5) is 0 Å². The molecule has 7 heteroatoms. The smallest absolute Gasteiger partial charge is 0.242 e. The second-order valence-corrected chi connectivity index (χ2v) is 6.11. The number of H-pyrrole nitrogens is 1. The lowest BCUT2D eigenvalue weighted by Gasteiger charge is -2.09. The van der Waals surface area contributed by atoms with E-state index in [1.165, 1.54) is 6.20 Å². The van der Waals surface area contributed by atoms with E-state index < -0.39 is 10.0 Å². The van der Waals surface area contributed by atoms with E-state index in [-0.39, 0.29) is 4.90 Å². The molecule has 0 fully saturated rings. The van der Waals surface area contributed by atoms with Gasteiger partial charge in [0.15, 0.2) is 0 Å². The molecule has 0 radical (unpaired) electrons. The molecule has 1 aromatic rings. The van der Waals surface area contributed by atoms with Gasteiger partial charge in [-0.15, -0.1) is 0 Å². The van der Waals surface area contributed by atoms with Crippen LogP contribution in [0.1, 0.15) is 12.6 Å². The third kappa shape index (κ3) is 4.77. The fraction of sp³-hybridized carbons (Fsp3) is 0.636. The number of likely N-dealkylation sites (N-methyl/N-ethyl adjacent to an activating group) is 1. The van der Waals surface area contributed by atoms with Crippen LogP contribution in [0.25, 0.3) is 0 Å². The Morgan fingerprint density at radius 3 is 2.72 bits per heavy atom. The third-order valence-electron chi connectivity index (χ3n) is 2.44. The summed E-state index contributed by atoms with van der Waals surface area (Å²) in [5.74, 6) is 0. The van der Waals surface area contributed by atoms with Gasteiger partial charge in [0.2, 0.25) is 10.0 Å². The number of aromatic amines is 1. The molecular formula is C11H22N4O2S. The van der Waals surface area contributed by atoms with E-state index in [0.29, 0.717) is 19.6 Å². The van der Waals surface area contributed by atoms with Crippen molar-refractivity contribution < 1.29 is 8.42 Å². The van der Waals surface area contributed by atoms with Gasteiger partial charge in [-0.2, -0.15) is 0 Å². The minimum absolute atomic E-state index is 0.286. The van der Waals surface area contributed by atoms with E-state index in [1.807, 2.05) is 25.9 Å². The van der Waals surface area contributed by atoms with Gasteiger partial charge in [0.05, 0.1) is 4.90 Å². The largest absolute Gasteiger partial charge is 0.363 e. The van der Waals surface area contributed by atoms with Crippen LogP contribution in [-0.4, -0.2) is 52.0 Å². The minimum atomic E-state index is -3.40. The maximum atomic E-state index is 11.9. The van der Waals surface area contributed by atoms with Crippen molar-refractivity contribution in [2.75, 3.05) is 33.7 Å². The van der Waals surface area contributed by atoms with Crippen molar-refractivity contribution in [2.45, 2.75) is 18.4 Å². The Bertz CT molecular complexity index is 453. The second-order valence-electron chi connectivity index (χ2n) is 4.34. The Morgan fingerprint density at radius 2 is 2.11 bits per heavy atom. The fourth-order valence-electron chi connectivity index (χ4n) is 1.42. The van der Waals surface area contributed by atoms with Crippen LogP contribution in [0.3, 0.4) is 0 Å². The molecule has 6 nitrogen and oxygen atoms in total. The second kappa shape index (κ2) is 6.89. The molecule has 104 valence electrons. The first-order valence-corrected chi connectivity index (χ1v) is 7.46. The summed E-state index contributed by atoms with van der Waals surface area (Å²) in [6.45, 7) is 4.58. The van der Waals surface area contributed by atoms with Gasteiger partial charge < -0.3 is 15.2 Å². The summed E-state index contributed by atoms with van der Waals surface area (Å²) in [4.78, 5) is 5.17. The third-order valence-corrected chi connectivity index (χ3v) is 3.88. The molecular weight excluding hydrogens is 252 g/mol. The van der Waals surface area contributed by atoms with Crippen LogP contribution >= 0.6 is 0 Å². The molecule has 0 aliphatic rings. The first-order valence-electron chi connectivity index (χ1n) is 5.98.